The van der Waals surface area contributed by atoms with E-state index in [1.54, 1.807) is 0 Å². The van der Waals surface area contributed by atoms with E-state index in [4.69, 9.17) is 14.8 Å². The fraction of sp³-hybridized carbons (Fsp3) is 0.714. The number of aromatic nitrogens is 2. The van der Waals surface area contributed by atoms with Gasteiger partial charge in [-0.05, 0) is 74.0 Å². The van der Waals surface area contributed by atoms with E-state index in [1.807, 2.05) is 19.1 Å². The highest BCUT2D eigenvalue weighted by Crippen LogP contribution is 2.59. The Hall–Kier alpha value is -1.96. The molecule has 1 aromatic carbocycles. The Labute approximate surface area is 208 Å². The molecule has 35 heavy (non-hydrogen) atoms. The molecule has 3 saturated carbocycles. The lowest BCUT2D eigenvalue weighted by molar-refractivity contribution is -0.197. The molecule has 0 radical (unpaired) electrons. The third kappa shape index (κ3) is 4.87. The maximum Gasteiger partial charge on any atom is 0.245 e. The summed E-state index contributed by atoms with van der Waals surface area (Å²) < 4.78 is 8.87. The summed E-state index contributed by atoms with van der Waals surface area (Å²) >= 11 is 0. The smallest absolute Gasteiger partial charge is 0.245 e. The SMILES string of the molecule is CC1(C)CC2C[C@@](C)(O)[C@@H](OCc3nc4cc(CNC(=O)CO)ccc4n3C3CCCCC3)C[C@@H]21. The summed E-state index contributed by atoms with van der Waals surface area (Å²) in [6, 6.07) is 6.55. The van der Waals surface area contributed by atoms with Crippen molar-refractivity contribution in [3.63, 3.8) is 0 Å². The number of aliphatic hydroxyl groups is 2. The predicted octanol–water partition coefficient (Wildman–Crippen LogP) is 4.24. The van der Waals surface area contributed by atoms with Crippen molar-refractivity contribution in [1.29, 1.82) is 0 Å². The Kier molecular flexibility index (Phi) is 6.70. The van der Waals surface area contributed by atoms with E-state index >= 15 is 0 Å². The lowest BCUT2D eigenvalue weighted by atomic mass is 9.48. The van der Waals surface area contributed by atoms with Gasteiger partial charge in [-0.25, -0.2) is 4.98 Å². The molecule has 3 N–H and O–H groups in total. The summed E-state index contributed by atoms with van der Waals surface area (Å²) in [5, 5.41) is 22.9. The minimum absolute atomic E-state index is 0.188. The number of rotatable bonds is 7. The zero-order valence-corrected chi connectivity index (χ0v) is 21.4. The van der Waals surface area contributed by atoms with Gasteiger partial charge in [0.15, 0.2) is 0 Å². The summed E-state index contributed by atoms with van der Waals surface area (Å²) in [4.78, 5) is 16.5. The highest BCUT2D eigenvalue weighted by Gasteiger charge is 2.55. The number of carbonyl (C=O) groups is 1. The highest BCUT2D eigenvalue weighted by molar-refractivity contribution is 5.78. The van der Waals surface area contributed by atoms with E-state index in [1.165, 1.54) is 25.7 Å². The molecule has 3 aliphatic carbocycles. The molecule has 0 aliphatic heterocycles. The molecule has 1 amide bonds. The molecule has 1 heterocycles. The van der Waals surface area contributed by atoms with Gasteiger partial charge in [0.1, 0.15) is 19.0 Å². The van der Waals surface area contributed by atoms with Crippen molar-refractivity contribution in [2.45, 2.75) is 103 Å². The lowest BCUT2D eigenvalue weighted by Gasteiger charge is -2.59. The quantitative estimate of drug-likeness (QED) is 0.547. The maximum atomic E-state index is 11.5. The Morgan fingerprint density at radius 1 is 1.20 bits per heavy atom. The molecule has 1 aromatic heterocycles. The van der Waals surface area contributed by atoms with Crippen molar-refractivity contribution in [2.24, 2.45) is 17.3 Å². The van der Waals surface area contributed by atoms with Crippen LogP contribution < -0.4 is 5.32 Å². The number of amides is 1. The number of hydrogen-bond acceptors (Lipinski definition) is 5. The number of nitrogens with zero attached hydrogens (tertiary/aromatic N) is 2. The van der Waals surface area contributed by atoms with Crippen LogP contribution >= 0.6 is 0 Å². The lowest BCUT2D eigenvalue weighted by Crippen LogP contribution is -2.58. The fourth-order valence-corrected chi connectivity index (χ4v) is 7.15. The van der Waals surface area contributed by atoms with Crippen molar-refractivity contribution in [3.05, 3.63) is 29.6 Å². The van der Waals surface area contributed by atoms with Gasteiger partial charge in [0.05, 0.1) is 22.7 Å². The highest BCUT2D eigenvalue weighted by atomic mass is 16.5. The zero-order chi connectivity index (χ0) is 24.8. The molecule has 7 nitrogen and oxygen atoms in total. The van der Waals surface area contributed by atoms with Crippen molar-refractivity contribution in [1.82, 2.24) is 14.9 Å². The monoisotopic (exact) mass is 483 g/mol. The van der Waals surface area contributed by atoms with Crippen LogP contribution in [0.2, 0.25) is 0 Å². The number of ether oxygens (including phenoxy) is 1. The molecule has 0 bridgehead atoms. The molecule has 7 heteroatoms. The van der Waals surface area contributed by atoms with Gasteiger partial charge in [-0.2, -0.15) is 0 Å². The Bertz CT molecular complexity index is 1070. The van der Waals surface area contributed by atoms with Crippen LogP contribution in [0.4, 0.5) is 0 Å². The molecule has 1 unspecified atom stereocenters. The van der Waals surface area contributed by atoms with Crippen LogP contribution in [0.5, 0.6) is 0 Å². The molecule has 4 atom stereocenters. The summed E-state index contributed by atoms with van der Waals surface area (Å²) in [5.41, 5.74) is 2.48. The molecule has 192 valence electrons. The van der Waals surface area contributed by atoms with E-state index in [-0.39, 0.29) is 12.0 Å². The third-order valence-electron chi connectivity index (χ3n) is 9.01. The van der Waals surface area contributed by atoms with Gasteiger partial charge in [-0.15, -0.1) is 0 Å². The van der Waals surface area contributed by atoms with Gasteiger partial charge in [0.25, 0.3) is 0 Å². The topological polar surface area (TPSA) is 96.6 Å². The zero-order valence-electron chi connectivity index (χ0n) is 21.4. The number of aliphatic hydroxyl groups excluding tert-OH is 1. The fourth-order valence-electron chi connectivity index (χ4n) is 7.15. The number of fused-ring (bicyclic) bond motifs is 2. The maximum absolute atomic E-state index is 11.5. The standard InChI is InChI=1S/C28H41N3O4/c1-27(2)13-19-14-28(3,34)24(12-21(19)27)35-17-25-30-22-11-18(15-29-26(33)16-32)9-10-23(22)31(25)20-7-5-4-6-8-20/h9-11,19-21,24,32,34H,4-8,12-17H2,1-3H3,(H,29,33)/t19?,21-,24-,28+/m0/s1. The molecule has 2 aromatic rings. The van der Waals surface area contributed by atoms with Gasteiger partial charge < -0.3 is 24.8 Å². The van der Waals surface area contributed by atoms with Gasteiger partial charge in [0.2, 0.25) is 5.91 Å². The number of hydrogen-bond donors (Lipinski definition) is 3. The van der Waals surface area contributed by atoms with Crippen LogP contribution in [0.25, 0.3) is 11.0 Å². The minimum Gasteiger partial charge on any atom is -0.387 e. The Morgan fingerprint density at radius 2 is 1.97 bits per heavy atom. The Morgan fingerprint density at radius 3 is 2.69 bits per heavy atom. The molecule has 0 spiro atoms. The Balaban J connectivity index is 1.39. The second-order valence-electron chi connectivity index (χ2n) is 12.1. The first-order valence-corrected chi connectivity index (χ1v) is 13.4. The van der Waals surface area contributed by atoms with Crippen molar-refractivity contribution >= 4 is 16.9 Å². The first-order valence-electron chi connectivity index (χ1n) is 13.4. The van der Waals surface area contributed by atoms with E-state index < -0.39 is 12.2 Å². The third-order valence-corrected chi connectivity index (χ3v) is 9.01. The van der Waals surface area contributed by atoms with Gasteiger partial charge in [0, 0.05) is 12.6 Å². The molecular weight excluding hydrogens is 442 g/mol. The van der Waals surface area contributed by atoms with Gasteiger partial charge >= 0.3 is 0 Å². The first-order chi connectivity index (χ1) is 16.7. The van der Waals surface area contributed by atoms with Crippen LogP contribution in [0, 0.1) is 17.3 Å². The number of benzene rings is 1. The second-order valence-corrected chi connectivity index (χ2v) is 12.1. The van der Waals surface area contributed by atoms with Crippen LogP contribution in [0.3, 0.4) is 0 Å². The van der Waals surface area contributed by atoms with Gasteiger partial charge in [-0.3, -0.25) is 4.79 Å². The number of imidazole rings is 1. The summed E-state index contributed by atoms with van der Waals surface area (Å²) in [5.74, 6) is 1.76. The summed E-state index contributed by atoms with van der Waals surface area (Å²) in [6.07, 6.45) is 8.75. The largest absolute Gasteiger partial charge is 0.387 e. The van der Waals surface area contributed by atoms with E-state index in [0.29, 0.717) is 36.4 Å². The summed E-state index contributed by atoms with van der Waals surface area (Å²) in [6.45, 7) is 6.86. The van der Waals surface area contributed by atoms with E-state index in [2.05, 4.69) is 29.8 Å². The average Bonchev–Trinajstić information content (AvgIpc) is 3.19. The number of carbonyl (C=O) groups excluding carboxylic acids is 1. The molecule has 5 rings (SSSR count). The van der Waals surface area contributed by atoms with Crippen molar-refractivity contribution in [3.8, 4) is 0 Å². The first kappa shape index (κ1) is 24.7. The normalized spacial score (nSPS) is 30.6. The van der Waals surface area contributed by atoms with E-state index in [0.717, 1.165) is 48.1 Å². The van der Waals surface area contributed by atoms with Crippen molar-refractivity contribution < 1.29 is 19.7 Å². The molecule has 3 aliphatic rings. The second kappa shape index (κ2) is 9.49. The van der Waals surface area contributed by atoms with E-state index in [9.17, 15) is 9.90 Å². The predicted molar refractivity (Wildman–Crippen MR) is 135 cm³/mol. The minimum atomic E-state index is -0.808. The van der Waals surface area contributed by atoms with Crippen molar-refractivity contribution in [2.75, 3.05) is 6.61 Å². The molecular formula is C28H41N3O4. The van der Waals surface area contributed by atoms with Crippen LogP contribution in [-0.2, 0) is 22.7 Å². The molecule has 0 saturated heterocycles. The summed E-state index contributed by atoms with van der Waals surface area (Å²) in [7, 11) is 0. The molecule has 3 fully saturated rings. The van der Waals surface area contributed by atoms with Crippen LogP contribution in [0.1, 0.15) is 89.6 Å². The average molecular weight is 484 g/mol. The number of nitrogens with one attached hydrogen (secondary N) is 1. The van der Waals surface area contributed by atoms with Crippen LogP contribution in [0.15, 0.2) is 18.2 Å². The van der Waals surface area contributed by atoms with Crippen LogP contribution in [-0.4, -0.2) is 44.0 Å². The van der Waals surface area contributed by atoms with Gasteiger partial charge in [-0.1, -0.05) is 39.2 Å².